The van der Waals surface area contributed by atoms with E-state index in [4.69, 9.17) is 0 Å². The number of aromatic nitrogens is 2. The maximum Gasteiger partial charge on any atom is 0.272 e. The molecule has 1 aromatic heterocycles. The van der Waals surface area contributed by atoms with E-state index in [0.29, 0.717) is 11.6 Å². The van der Waals surface area contributed by atoms with Gasteiger partial charge in [0.1, 0.15) is 0 Å². The SMILES string of the molecule is C[C@H]1CCCC[C@@H]1NC(=O)c1ccc(N2CCCC2)nn1. The fourth-order valence-corrected chi connectivity index (χ4v) is 3.33. The lowest BCUT2D eigenvalue weighted by Gasteiger charge is -2.29. The number of carbonyl (C=O) groups is 1. The zero-order valence-corrected chi connectivity index (χ0v) is 12.7. The Morgan fingerprint density at radius 1 is 1.14 bits per heavy atom. The quantitative estimate of drug-likeness (QED) is 0.928. The number of nitrogens with zero attached hydrogens (tertiary/aromatic N) is 3. The van der Waals surface area contributed by atoms with Crippen molar-refractivity contribution in [2.75, 3.05) is 18.0 Å². The van der Waals surface area contributed by atoms with Gasteiger partial charge in [0.05, 0.1) is 0 Å². The molecule has 114 valence electrons. The Labute approximate surface area is 126 Å². The van der Waals surface area contributed by atoms with Crippen LogP contribution in [0.4, 0.5) is 5.82 Å². The number of amides is 1. The minimum atomic E-state index is -0.0887. The first-order valence-electron chi connectivity index (χ1n) is 8.13. The molecule has 5 nitrogen and oxygen atoms in total. The monoisotopic (exact) mass is 288 g/mol. The maximum absolute atomic E-state index is 12.3. The van der Waals surface area contributed by atoms with Crippen molar-refractivity contribution in [3.05, 3.63) is 17.8 Å². The van der Waals surface area contributed by atoms with Crippen molar-refractivity contribution in [2.45, 2.75) is 51.5 Å². The van der Waals surface area contributed by atoms with Crippen molar-refractivity contribution < 1.29 is 4.79 Å². The van der Waals surface area contributed by atoms with E-state index in [1.807, 2.05) is 6.07 Å². The van der Waals surface area contributed by atoms with Crippen molar-refractivity contribution in [3.63, 3.8) is 0 Å². The van der Waals surface area contributed by atoms with E-state index in [0.717, 1.165) is 25.3 Å². The molecule has 0 unspecified atom stereocenters. The number of rotatable bonds is 3. The second-order valence-electron chi connectivity index (χ2n) is 6.31. The molecule has 1 aliphatic heterocycles. The van der Waals surface area contributed by atoms with Crippen LogP contribution in [0, 0.1) is 5.92 Å². The summed E-state index contributed by atoms with van der Waals surface area (Å²) in [6, 6.07) is 3.99. The van der Waals surface area contributed by atoms with E-state index in [1.54, 1.807) is 6.07 Å². The molecule has 0 spiro atoms. The Hall–Kier alpha value is -1.65. The Morgan fingerprint density at radius 2 is 1.90 bits per heavy atom. The largest absolute Gasteiger partial charge is 0.355 e. The molecule has 1 aromatic rings. The third-order valence-electron chi connectivity index (χ3n) is 4.74. The fourth-order valence-electron chi connectivity index (χ4n) is 3.33. The molecule has 1 saturated carbocycles. The highest BCUT2D eigenvalue weighted by atomic mass is 16.2. The minimum absolute atomic E-state index is 0.0887. The van der Waals surface area contributed by atoms with Crippen LogP contribution in [0.25, 0.3) is 0 Å². The normalized spacial score (nSPS) is 25.9. The molecule has 1 saturated heterocycles. The number of carbonyl (C=O) groups excluding carboxylic acids is 1. The van der Waals surface area contributed by atoms with E-state index < -0.39 is 0 Å². The van der Waals surface area contributed by atoms with Gasteiger partial charge >= 0.3 is 0 Å². The highest BCUT2D eigenvalue weighted by Crippen LogP contribution is 2.24. The van der Waals surface area contributed by atoms with Crippen LogP contribution in [-0.4, -0.2) is 35.2 Å². The van der Waals surface area contributed by atoms with Gasteiger partial charge in [-0.15, -0.1) is 10.2 Å². The summed E-state index contributed by atoms with van der Waals surface area (Å²) >= 11 is 0. The Morgan fingerprint density at radius 3 is 2.57 bits per heavy atom. The van der Waals surface area contributed by atoms with Gasteiger partial charge < -0.3 is 10.2 Å². The number of hydrogen-bond donors (Lipinski definition) is 1. The molecule has 21 heavy (non-hydrogen) atoms. The van der Waals surface area contributed by atoms with Crippen LogP contribution in [0.3, 0.4) is 0 Å². The van der Waals surface area contributed by atoms with E-state index in [2.05, 4.69) is 27.3 Å². The van der Waals surface area contributed by atoms with Gasteiger partial charge in [-0.2, -0.15) is 0 Å². The Balaban J connectivity index is 1.61. The number of hydrogen-bond acceptors (Lipinski definition) is 4. The van der Waals surface area contributed by atoms with E-state index in [-0.39, 0.29) is 11.9 Å². The van der Waals surface area contributed by atoms with Gasteiger partial charge in [-0.3, -0.25) is 4.79 Å². The topological polar surface area (TPSA) is 58.1 Å². The molecule has 1 aliphatic carbocycles. The lowest BCUT2D eigenvalue weighted by molar-refractivity contribution is 0.0904. The smallest absolute Gasteiger partial charge is 0.272 e. The lowest BCUT2D eigenvalue weighted by atomic mass is 9.86. The maximum atomic E-state index is 12.3. The molecule has 0 bridgehead atoms. The average molecular weight is 288 g/mol. The highest BCUT2D eigenvalue weighted by molar-refractivity contribution is 5.92. The van der Waals surface area contributed by atoms with Crippen molar-refractivity contribution in [1.29, 1.82) is 0 Å². The van der Waals surface area contributed by atoms with Crippen LogP contribution in [0.5, 0.6) is 0 Å². The van der Waals surface area contributed by atoms with Crippen LogP contribution in [-0.2, 0) is 0 Å². The molecule has 2 fully saturated rings. The van der Waals surface area contributed by atoms with Gasteiger partial charge in [0.15, 0.2) is 11.5 Å². The van der Waals surface area contributed by atoms with E-state index in [9.17, 15) is 4.79 Å². The molecule has 3 rings (SSSR count). The van der Waals surface area contributed by atoms with Crippen molar-refractivity contribution in [3.8, 4) is 0 Å². The standard InChI is InChI=1S/C16H24N4O/c1-12-6-2-3-7-13(12)17-16(21)14-8-9-15(19-18-14)20-10-4-5-11-20/h8-9,12-13H,2-7,10-11H2,1H3,(H,17,21)/t12-,13-/m0/s1. The highest BCUT2D eigenvalue weighted by Gasteiger charge is 2.24. The van der Waals surface area contributed by atoms with E-state index >= 15 is 0 Å². The zero-order valence-electron chi connectivity index (χ0n) is 12.7. The minimum Gasteiger partial charge on any atom is -0.355 e. The zero-order chi connectivity index (χ0) is 14.7. The lowest BCUT2D eigenvalue weighted by Crippen LogP contribution is -2.41. The van der Waals surface area contributed by atoms with Crippen LogP contribution in [0.2, 0.25) is 0 Å². The summed E-state index contributed by atoms with van der Waals surface area (Å²) in [6.07, 6.45) is 7.18. The molecule has 1 amide bonds. The molecule has 2 atom stereocenters. The average Bonchev–Trinajstić information content (AvgIpc) is 3.04. The molecule has 0 radical (unpaired) electrons. The van der Waals surface area contributed by atoms with Crippen LogP contribution in [0.1, 0.15) is 55.9 Å². The van der Waals surface area contributed by atoms with Crippen LogP contribution >= 0.6 is 0 Å². The fraction of sp³-hybridized carbons (Fsp3) is 0.688. The van der Waals surface area contributed by atoms with Crippen molar-refractivity contribution in [2.24, 2.45) is 5.92 Å². The van der Waals surface area contributed by atoms with Gasteiger partial charge in [-0.1, -0.05) is 19.8 Å². The molecular weight excluding hydrogens is 264 g/mol. The molecule has 5 heteroatoms. The second-order valence-corrected chi connectivity index (χ2v) is 6.31. The summed E-state index contributed by atoms with van der Waals surface area (Å²) in [4.78, 5) is 14.5. The van der Waals surface area contributed by atoms with E-state index in [1.165, 1.54) is 32.1 Å². The van der Waals surface area contributed by atoms with Gasteiger partial charge in [0.25, 0.3) is 5.91 Å². The molecule has 1 N–H and O–H groups in total. The van der Waals surface area contributed by atoms with Crippen LogP contribution in [0.15, 0.2) is 12.1 Å². The van der Waals surface area contributed by atoms with Crippen LogP contribution < -0.4 is 10.2 Å². The second kappa shape index (κ2) is 6.41. The first kappa shape index (κ1) is 14.3. The Bertz CT molecular complexity index is 482. The first-order chi connectivity index (χ1) is 10.2. The predicted octanol–water partition coefficient (Wildman–Crippen LogP) is 2.39. The number of anilines is 1. The summed E-state index contributed by atoms with van der Waals surface area (Å²) in [6.45, 7) is 4.30. The predicted molar refractivity (Wildman–Crippen MR) is 82.4 cm³/mol. The summed E-state index contributed by atoms with van der Waals surface area (Å²) in [5.41, 5.74) is 0.427. The van der Waals surface area contributed by atoms with Crippen molar-refractivity contribution in [1.82, 2.24) is 15.5 Å². The van der Waals surface area contributed by atoms with Gasteiger partial charge in [0, 0.05) is 19.1 Å². The van der Waals surface area contributed by atoms with Crippen molar-refractivity contribution >= 4 is 11.7 Å². The summed E-state index contributed by atoms with van der Waals surface area (Å²) in [5, 5.41) is 11.4. The van der Waals surface area contributed by atoms with Gasteiger partial charge in [0.2, 0.25) is 0 Å². The first-order valence-corrected chi connectivity index (χ1v) is 8.13. The molecule has 0 aromatic carbocycles. The third-order valence-corrected chi connectivity index (χ3v) is 4.74. The summed E-state index contributed by atoms with van der Waals surface area (Å²) in [5.74, 6) is 1.35. The Kier molecular flexibility index (Phi) is 4.36. The third kappa shape index (κ3) is 3.34. The summed E-state index contributed by atoms with van der Waals surface area (Å²) < 4.78 is 0. The summed E-state index contributed by atoms with van der Waals surface area (Å²) in [7, 11) is 0. The number of nitrogens with one attached hydrogen (secondary N) is 1. The van der Waals surface area contributed by atoms with Gasteiger partial charge in [-0.05, 0) is 43.7 Å². The molecule has 2 heterocycles. The molecular formula is C16H24N4O. The van der Waals surface area contributed by atoms with Gasteiger partial charge in [-0.25, -0.2) is 0 Å². The molecule has 2 aliphatic rings.